The van der Waals surface area contributed by atoms with Crippen molar-refractivity contribution in [1.82, 2.24) is 24.3 Å². The van der Waals surface area contributed by atoms with Gasteiger partial charge in [-0.2, -0.15) is 0 Å². The van der Waals surface area contributed by atoms with Crippen molar-refractivity contribution >= 4 is 52.7 Å². The Morgan fingerprint density at radius 1 is 1.00 bits per heavy atom. The molecule has 9 nitrogen and oxygen atoms in total. The molecule has 0 spiro atoms. The number of aromatic nitrogens is 3. The molecule has 2 bridgehead atoms. The third-order valence-corrected chi connectivity index (χ3v) is 13.7. The number of rotatable bonds is 10. The van der Waals surface area contributed by atoms with E-state index in [1.807, 2.05) is 29.8 Å². The molecule has 8 rings (SSSR count). The average Bonchev–Trinajstić information content (AvgIpc) is 3.86. The first kappa shape index (κ1) is 37.8. The second kappa shape index (κ2) is 14.8. The van der Waals surface area contributed by atoms with E-state index in [0.29, 0.717) is 50.8 Å². The van der Waals surface area contributed by atoms with Crippen LogP contribution < -0.4 is 5.32 Å². The van der Waals surface area contributed by atoms with Gasteiger partial charge in [0.25, 0.3) is 5.91 Å². The van der Waals surface area contributed by atoms with Gasteiger partial charge in [0.1, 0.15) is 5.83 Å². The summed E-state index contributed by atoms with van der Waals surface area (Å²) in [6.07, 6.45) is 10.2. The summed E-state index contributed by atoms with van der Waals surface area (Å²) in [4.78, 5) is 39.7. The quantitative estimate of drug-likeness (QED) is 0.165. The number of benzene rings is 2. The number of hydrogen-bond acceptors (Lipinski definition) is 6. The second-order valence-electron chi connectivity index (χ2n) is 16.4. The molecule has 4 heterocycles. The van der Waals surface area contributed by atoms with Gasteiger partial charge in [0, 0.05) is 68.7 Å². The molecular weight excluding hydrogens is 738 g/mol. The van der Waals surface area contributed by atoms with E-state index in [0.717, 1.165) is 100 Å². The highest BCUT2D eigenvalue weighted by Gasteiger charge is 2.57. The summed E-state index contributed by atoms with van der Waals surface area (Å²) < 4.78 is 17.6. The minimum atomic E-state index is -0.627. The molecule has 2 aromatic heterocycles. The summed E-state index contributed by atoms with van der Waals surface area (Å²) in [5.74, 6) is -1.17. The fourth-order valence-electron chi connectivity index (χ4n) is 9.46. The lowest BCUT2D eigenvalue weighted by Gasteiger charge is -2.32. The van der Waals surface area contributed by atoms with Crippen LogP contribution in [0.15, 0.2) is 48.7 Å². The topological polar surface area (TPSA) is 104 Å². The monoisotopic (exact) mass is 784 g/mol. The first-order valence-corrected chi connectivity index (χ1v) is 20.1. The van der Waals surface area contributed by atoms with Gasteiger partial charge in [0.05, 0.1) is 32.5 Å². The minimum absolute atomic E-state index is 0.135. The second-order valence-corrected chi connectivity index (χ2v) is 17.2. The molecule has 4 aromatic rings. The number of imidazole rings is 1. The van der Waals surface area contributed by atoms with Crippen molar-refractivity contribution in [3.63, 3.8) is 0 Å². The van der Waals surface area contributed by atoms with Gasteiger partial charge in [0.2, 0.25) is 0 Å². The summed E-state index contributed by atoms with van der Waals surface area (Å²) in [5, 5.41) is 13.4. The van der Waals surface area contributed by atoms with E-state index in [4.69, 9.17) is 28.2 Å². The van der Waals surface area contributed by atoms with Crippen LogP contribution in [0.5, 0.6) is 0 Å². The molecule has 2 aromatic carbocycles. The van der Waals surface area contributed by atoms with Crippen LogP contribution >= 0.6 is 23.2 Å². The van der Waals surface area contributed by atoms with Crippen molar-refractivity contribution < 1.29 is 19.1 Å². The van der Waals surface area contributed by atoms with Gasteiger partial charge >= 0.3 is 5.97 Å². The van der Waals surface area contributed by atoms with E-state index < -0.39 is 17.2 Å². The minimum Gasteiger partial charge on any atom is -0.481 e. The van der Waals surface area contributed by atoms with E-state index in [-0.39, 0.29) is 17.0 Å². The molecule has 0 unspecified atom stereocenters. The molecular formula is C43H47Cl2FN6O3. The summed E-state index contributed by atoms with van der Waals surface area (Å²) in [7, 11) is 1.87. The van der Waals surface area contributed by atoms with Crippen LogP contribution in [0.1, 0.15) is 96.8 Å². The molecule has 2 aliphatic carbocycles. The van der Waals surface area contributed by atoms with E-state index >= 15 is 4.39 Å². The lowest BCUT2D eigenvalue weighted by Crippen LogP contribution is -2.36. The van der Waals surface area contributed by atoms with Crippen LogP contribution in [0.4, 0.5) is 10.1 Å². The molecule has 0 radical (unpaired) electrons. The molecule has 0 saturated heterocycles. The van der Waals surface area contributed by atoms with Gasteiger partial charge in [-0.15, -0.1) is 0 Å². The van der Waals surface area contributed by atoms with Crippen molar-refractivity contribution in [2.45, 2.75) is 84.3 Å². The molecule has 2 N–H and O–H groups in total. The Morgan fingerprint density at radius 3 is 2.47 bits per heavy atom. The van der Waals surface area contributed by atoms with Crippen molar-refractivity contribution in [3.05, 3.63) is 98.3 Å². The van der Waals surface area contributed by atoms with Crippen LogP contribution in [0.3, 0.4) is 0 Å². The highest BCUT2D eigenvalue weighted by atomic mass is 35.5. The predicted octanol–water partition coefficient (Wildman–Crippen LogP) is 9.06. The maximum atomic E-state index is 15.7. The highest BCUT2D eigenvalue weighted by molar-refractivity contribution is 6.39. The fourth-order valence-corrected chi connectivity index (χ4v) is 10.0. The zero-order valence-corrected chi connectivity index (χ0v) is 33.1. The number of pyridine rings is 1. The maximum absolute atomic E-state index is 15.7. The van der Waals surface area contributed by atoms with Crippen molar-refractivity contribution in [1.29, 1.82) is 0 Å². The number of nitrogens with one attached hydrogen (secondary N) is 1. The van der Waals surface area contributed by atoms with Gasteiger partial charge in [-0.3, -0.25) is 24.4 Å². The van der Waals surface area contributed by atoms with Crippen molar-refractivity contribution in [2.75, 3.05) is 25.0 Å². The van der Waals surface area contributed by atoms with Gasteiger partial charge in [-0.05, 0) is 106 Å². The lowest BCUT2D eigenvalue weighted by molar-refractivity contribution is -0.148. The number of carbonyl (C=O) groups is 2. The molecule has 55 heavy (non-hydrogen) atoms. The molecule has 4 aliphatic rings. The summed E-state index contributed by atoms with van der Waals surface area (Å²) in [6.45, 7) is 8.50. The Labute approximate surface area is 331 Å². The van der Waals surface area contributed by atoms with Crippen LogP contribution in [0, 0.1) is 10.8 Å². The Kier molecular flexibility index (Phi) is 10.2. The molecule has 2 fully saturated rings. The number of aliphatic carboxylic acids is 1. The number of carboxylic acids is 1. The van der Waals surface area contributed by atoms with Crippen LogP contribution in [0.2, 0.25) is 10.0 Å². The Morgan fingerprint density at radius 2 is 1.75 bits per heavy atom. The first-order chi connectivity index (χ1) is 26.3. The summed E-state index contributed by atoms with van der Waals surface area (Å²) in [6, 6.07) is 13.0. The average molecular weight is 786 g/mol. The molecule has 2 saturated carbocycles. The van der Waals surface area contributed by atoms with Gasteiger partial charge in [-0.1, -0.05) is 53.5 Å². The van der Waals surface area contributed by atoms with Crippen LogP contribution in [-0.2, 0) is 37.8 Å². The third-order valence-electron chi connectivity index (χ3n) is 12.9. The van der Waals surface area contributed by atoms with E-state index in [1.54, 1.807) is 30.5 Å². The van der Waals surface area contributed by atoms with E-state index in [9.17, 15) is 14.7 Å². The Bertz CT molecular complexity index is 2210. The zero-order chi connectivity index (χ0) is 38.6. The standard InChI is InChI=1S/C43H47Cl2FN6O3/c1-26(2)52-18-10-27-21-34(47-22-29(27)23-52)32(46)20-28-6-4-7-30(37(28)44)31-8-5-9-33(38(31)45)49-40(53)39-48-35-24-51(17-11-36(35)50(39)3)19-16-42-12-14-43(25-42,15-13-42)41(54)55/h4-9,20-22,26H,10-19,23-25H2,1-3H3,(H,49,53)(H,54,55). The van der Waals surface area contributed by atoms with E-state index in [2.05, 4.69) is 33.9 Å². The number of fused-ring (bicyclic) bond motifs is 4. The lowest BCUT2D eigenvalue weighted by atomic mass is 9.80. The first-order valence-electron chi connectivity index (χ1n) is 19.3. The fraction of sp³-hybridized carbons (Fsp3) is 0.442. The Balaban J connectivity index is 0.954. The SMILES string of the molecule is CC(C)N1CCc2cc(C(F)=Cc3cccc(-c4cccc(NC(=O)c5nc6c(n5C)CCN(CCC57CCC(C(=O)O)(CC5)C7)C6)c4Cl)c3Cl)ncc2C1. The summed E-state index contributed by atoms with van der Waals surface area (Å²) in [5.41, 5.74) is 6.17. The van der Waals surface area contributed by atoms with E-state index in [1.165, 1.54) is 6.08 Å². The smallest absolute Gasteiger partial charge is 0.309 e. The van der Waals surface area contributed by atoms with Crippen molar-refractivity contribution in [3.8, 4) is 11.1 Å². The number of carboxylic acid groups (broad SMARTS) is 1. The molecule has 2 aliphatic heterocycles. The van der Waals surface area contributed by atoms with Gasteiger partial charge in [0.15, 0.2) is 5.82 Å². The van der Waals surface area contributed by atoms with Crippen molar-refractivity contribution in [2.24, 2.45) is 17.9 Å². The molecule has 288 valence electrons. The number of nitrogens with zero attached hydrogens (tertiary/aromatic N) is 5. The van der Waals surface area contributed by atoms with Crippen LogP contribution in [0.25, 0.3) is 23.0 Å². The molecule has 1 amide bonds. The van der Waals surface area contributed by atoms with Gasteiger partial charge in [-0.25, -0.2) is 9.37 Å². The summed E-state index contributed by atoms with van der Waals surface area (Å²) >= 11 is 13.9. The highest BCUT2D eigenvalue weighted by Crippen LogP contribution is 2.63. The number of carbonyl (C=O) groups excluding carboxylic acids is 1. The largest absolute Gasteiger partial charge is 0.481 e. The molecule has 0 atom stereocenters. The number of hydrogen-bond donors (Lipinski definition) is 2. The predicted molar refractivity (Wildman–Crippen MR) is 215 cm³/mol. The maximum Gasteiger partial charge on any atom is 0.309 e. The normalized spacial score (nSPS) is 22.6. The number of halogens is 3. The van der Waals surface area contributed by atoms with Crippen LogP contribution in [-0.4, -0.2) is 67.0 Å². The third kappa shape index (κ3) is 7.11. The zero-order valence-electron chi connectivity index (χ0n) is 31.6. The molecule has 12 heteroatoms. The van der Waals surface area contributed by atoms with Gasteiger partial charge < -0.3 is 15.0 Å². The Hall–Kier alpha value is -4.09. The number of anilines is 1. The number of amides is 1.